The Balaban J connectivity index is 2.28. The quantitative estimate of drug-likeness (QED) is 0.859. The van der Waals surface area contributed by atoms with Gasteiger partial charge in [0.05, 0.1) is 20.9 Å². The Hall–Kier alpha value is -1.96. The first-order valence-electron chi connectivity index (χ1n) is 7.27. The van der Waals surface area contributed by atoms with E-state index in [-0.39, 0.29) is 10.6 Å². The van der Waals surface area contributed by atoms with Gasteiger partial charge in [-0.3, -0.25) is 9.79 Å². The van der Waals surface area contributed by atoms with Crippen LogP contribution in [0.4, 0.5) is 18.9 Å². The van der Waals surface area contributed by atoms with E-state index in [4.69, 9.17) is 5.73 Å². The molecule has 1 amide bonds. The summed E-state index contributed by atoms with van der Waals surface area (Å²) in [6.07, 6.45) is -3.80. The second kappa shape index (κ2) is 6.51. The van der Waals surface area contributed by atoms with Gasteiger partial charge in [-0.2, -0.15) is 13.2 Å². The Kier molecular flexibility index (Phi) is 4.98. The van der Waals surface area contributed by atoms with Crippen molar-refractivity contribution in [1.29, 1.82) is 0 Å². The van der Waals surface area contributed by atoms with Gasteiger partial charge in [-0.25, -0.2) is 0 Å². The van der Waals surface area contributed by atoms with E-state index in [0.717, 1.165) is 28.9 Å². The molecule has 1 heterocycles. The van der Waals surface area contributed by atoms with E-state index in [2.05, 4.69) is 10.3 Å². The third-order valence-corrected chi connectivity index (χ3v) is 5.51. The number of amides is 1. The van der Waals surface area contributed by atoms with E-state index in [1.807, 2.05) is 13.8 Å². The van der Waals surface area contributed by atoms with Crippen LogP contribution in [-0.2, 0) is 11.0 Å². The van der Waals surface area contributed by atoms with Crippen molar-refractivity contribution in [3.8, 4) is 0 Å². The third-order valence-electron chi connectivity index (χ3n) is 4.07. The summed E-state index contributed by atoms with van der Waals surface area (Å²) in [6.45, 7) is 3.83. The number of hydrogen-bond acceptors (Lipinski definition) is 4. The summed E-state index contributed by atoms with van der Waals surface area (Å²) in [6, 6.07) is 4.48. The van der Waals surface area contributed by atoms with Gasteiger partial charge in [0.2, 0.25) is 0 Å². The van der Waals surface area contributed by atoms with Gasteiger partial charge in [-0.15, -0.1) is 0 Å². The number of aliphatic imine (C=N–C) groups is 1. The molecule has 3 N–H and O–H groups in total. The standard InChI is InChI=1S/C16H18F3N3OS/c1-4-15(2)12(20)11(24-14(15)21-3)13(23)22-10-7-5-6-9(8-10)16(17,18)19/h5-8H,4,20H2,1-3H3,(H,22,23). The SMILES string of the molecule is CCC1(C)C(=NC)SC(C(=O)Nc2cccc(C(F)(F)F)c2)=C1N. The lowest BCUT2D eigenvalue weighted by molar-refractivity contribution is -0.137. The minimum Gasteiger partial charge on any atom is -0.400 e. The molecule has 0 aromatic heterocycles. The lowest BCUT2D eigenvalue weighted by atomic mass is 9.85. The Labute approximate surface area is 142 Å². The van der Waals surface area contributed by atoms with E-state index in [1.54, 1.807) is 7.05 Å². The van der Waals surface area contributed by atoms with Crippen LogP contribution in [0.5, 0.6) is 0 Å². The highest BCUT2D eigenvalue weighted by molar-refractivity contribution is 8.18. The third kappa shape index (κ3) is 3.28. The molecule has 1 aliphatic rings. The van der Waals surface area contributed by atoms with Crippen molar-refractivity contribution in [2.24, 2.45) is 16.1 Å². The Morgan fingerprint density at radius 2 is 2.08 bits per heavy atom. The van der Waals surface area contributed by atoms with Crippen molar-refractivity contribution in [3.05, 3.63) is 40.4 Å². The summed E-state index contributed by atoms with van der Waals surface area (Å²) < 4.78 is 38.3. The lowest BCUT2D eigenvalue weighted by Crippen LogP contribution is -2.28. The minimum absolute atomic E-state index is 0.0656. The molecule has 24 heavy (non-hydrogen) atoms. The maximum absolute atomic E-state index is 12.8. The molecule has 4 nitrogen and oxygen atoms in total. The second-order valence-electron chi connectivity index (χ2n) is 5.59. The monoisotopic (exact) mass is 357 g/mol. The second-order valence-corrected chi connectivity index (χ2v) is 6.59. The first kappa shape index (κ1) is 18.4. The largest absolute Gasteiger partial charge is 0.416 e. The fraction of sp³-hybridized carbons (Fsp3) is 0.375. The van der Waals surface area contributed by atoms with Crippen molar-refractivity contribution in [2.45, 2.75) is 26.4 Å². The predicted octanol–water partition coefficient (Wildman–Crippen LogP) is 4.01. The molecular formula is C16H18F3N3OS. The van der Waals surface area contributed by atoms with Gasteiger partial charge in [0, 0.05) is 18.4 Å². The molecule has 0 saturated carbocycles. The summed E-state index contributed by atoms with van der Waals surface area (Å²) >= 11 is 1.16. The van der Waals surface area contributed by atoms with Crippen molar-refractivity contribution in [3.63, 3.8) is 0 Å². The molecule has 0 aliphatic carbocycles. The zero-order valence-corrected chi connectivity index (χ0v) is 14.3. The molecule has 2 rings (SSSR count). The average molecular weight is 357 g/mol. The number of nitrogens with one attached hydrogen (secondary N) is 1. The molecule has 1 unspecified atom stereocenters. The predicted molar refractivity (Wildman–Crippen MR) is 90.6 cm³/mol. The number of thioether (sulfide) groups is 1. The highest BCUT2D eigenvalue weighted by atomic mass is 32.2. The van der Waals surface area contributed by atoms with Gasteiger partial charge in [0.15, 0.2) is 0 Å². The van der Waals surface area contributed by atoms with Crippen LogP contribution < -0.4 is 11.1 Å². The summed E-state index contributed by atoms with van der Waals surface area (Å²) in [5.41, 5.74) is 5.23. The van der Waals surface area contributed by atoms with Gasteiger partial charge in [-0.1, -0.05) is 24.8 Å². The molecule has 1 atom stereocenters. The van der Waals surface area contributed by atoms with E-state index in [1.165, 1.54) is 12.1 Å². The number of rotatable bonds is 3. The Bertz CT molecular complexity index is 728. The molecule has 130 valence electrons. The Morgan fingerprint density at radius 1 is 1.42 bits per heavy atom. The smallest absolute Gasteiger partial charge is 0.400 e. The minimum atomic E-state index is -4.47. The number of hydrogen-bond donors (Lipinski definition) is 2. The zero-order chi connectivity index (χ0) is 18.1. The van der Waals surface area contributed by atoms with Crippen molar-refractivity contribution < 1.29 is 18.0 Å². The number of carbonyl (C=O) groups is 1. The first-order chi connectivity index (χ1) is 11.1. The zero-order valence-electron chi connectivity index (χ0n) is 13.5. The van der Waals surface area contributed by atoms with Crippen LogP contribution in [0.1, 0.15) is 25.8 Å². The number of benzene rings is 1. The van der Waals surface area contributed by atoms with Gasteiger partial charge < -0.3 is 11.1 Å². The van der Waals surface area contributed by atoms with Crippen LogP contribution >= 0.6 is 11.8 Å². The molecule has 0 radical (unpaired) electrons. The summed E-state index contributed by atoms with van der Waals surface area (Å²) in [4.78, 5) is 16.9. The molecule has 1 aliphatic heterocycles. The fourth-order valence-corrected chi connectivity index (χ4v) is 3.64. The number of carbonyl (C=O) groups excluding carboxylic acids is 1. The maximum atomic E-state index is 12.8. The highest BCUT2D eigenvalue weighted by Gasteiger charge is 2.42. The summed E-state index contributed by atoms with van der Waals surface area (Å²) in [7, 11) is 1.62. The van der Waals surface area contributed by atoms with Crippen molar-refractivity contribution in [1.82, 2.24) is 0 Å². The van der Waals surface area contributed by atoms with Crippen LogP contribution in [0, 0.1) is 5.41 Å². The van der Waals surface area contributed by atoms with Crippen molar-refractivity contribution in [2.75, 3.05) is 12.4 Å². The number of nitrogens with two attached hydrogens (primary N) is 1. The van der Waals surface area contributed by atoms with Crippen LogP contribution in [0.3, 0.4) is 0 Å². The summed E-state index contributed by atoms with van der Waals surface area (Å²) in [5.74, 6) is -0.532. The first-order valence-corrected chi connectivity index (χ1v) is 8.09. The fourth-order valence-electron chi connectivity index (χ4n) is 2.39. The lowest BCUT2D eigenvalue weighted by Gasteiger charge is -2.23. The van der Waals surface area contributed by atoms with Gasteiger partial charge >= 0.3 is 6.18 Å². The number of anilines is 1. The van der Waals surface area contributed by atoms with E-state index >= 15 is 0 Å². The van der Waals surface area contributed by atoms with Crippen molar-refractivity contribution >= 4 is 28.4 Å². The van der Waals surface area contributed by atoms with Gasteiger partial charge in [0.25, 0.3) is 5.91 Å². The molecule has 0 saturated heterocycles. The Morgan fingerprint density at radius 3 is 2.58 bits per heavy atom. The van der Waals surface area contributed by atoms with Crippen LogP contribution in [0.15, 0.2) is 39.9 Å². The molecule has 0 fully saturated rings. The number of alkyl halides is 3. The number of nitrogens with zero attached hydrogens (tertiary/aromatic N) is 1. The van der Waals surface area contributed by atoms with Crippen LogP contribution in [0.2, 0.25) is 0 Å². The van der Waals surface area contributed by atoms with E-state index in [0.29, 0.717) is 12.1 Å². The molecule has 1 aromatic rings. The molecule has 0 spiro atoms. The number of halogens is 3. The van der Waals surface area contributed by atoms with E-state index in [9.17, 15) is 18.0 Å². The topological polar surface area (TPSA) is 67.5 Å². The van der Waals surface area contributed by atoms with Crippen LogP contribution in [0.25, 0.3) is 0 Å². The number of allylic oxidation sites excluding steroid dienone is 1. The van der Waals surface area contributed by atoms with Gasteiger partial charge in [-0.05, 0) is 31.5 Å². The van der Waals surface area contributed by atoms with Crippen LogP contribution in [-0.4, -0.2) is 18.0 Å². The highest BCUT2D eigenvalue weighted by Crippen LogP contribution is 2.47. The van der Waals surface area contributed by atoms with Gasteiger partial charge in [0.1, 0.15) is 0 Å². The van der Waals surface area contributed by atoms with E-state index < -0.39 is 23.1 Å². The molecular weight excluding hydrogens is 339 g/mol. The molecule has 8 heteroatoms. The molecule has 0 bridgehead atoms. The normalized spacial score (nSPS) is 23.0. The summed E-state index contributed by atoms with van der Waals surface area (Å²) in [5, 5.41) is 3.20. The average Bonchev–Trinajstić information content (AvgIpc) is 2.79. The maximum Gasteiger partial charge on any atom is 0.416 e. The molecule has 1 aromatic carbocycles.